The zero-order valence-electron chi connectivity index (χ0n) is 14.5. The van der Waals surface area contributed by atoms with Gasteiger partial charge in [0.05, 0.1) is 23.4 Å². The van der Waals surface area contributed by atoms with Gasteiger partial charge in [-0.2, -0.15) is 0 Å². The lowest BCUT2D eigenvalue weighted by Crippen LogP contribution is -2.39. The molecule has 6 nitrogen and oxygen atoms in total. The van der Waals surface area contributed by atoms with E-state index >= 15 is 0 Å². The first-order chi connectivity index (χ1) is 11.9. The number of amides is 2. The van der Waals surface area contributed by atoms with Gasteiger partial charge in [-0.3, -0.25) is 9.59 Å². The average Bonchev–Trinajstić information content (AvgIpc) is 3.10. The van der Waals surface area contributed by atoms with Gasteiger partial charge in [-0.1, -0.05) is 24.4 Å². The highest BCUT2D eigenvalue weighted by molar-refractivity contribution is 6.33. The zero-order chi connectivity index (χ0) is 18.4. The van der Waals surface area contributed by atoms with Gasteiger partial charge in [-0.15, -0.1) is 0 Å². The number of esters is 1. The summed E-state index contributed by atoms with van der Waals surface area (Å²) in [6.45, 7) is 1.91. The van der Waals surface area contributed by atoms with Crippen LogP contribution in [0, 0.1) is 0 Å². The number of hydrogen-bond donors (Lipinski definition) is 1. The van der Waals surface area contributed by atoms with Gasteiger partial charge >= 0.3 is 5.97 Å². The molecule has 1 fully saturated rings. The fourth-order valence-corrected chi connectivity index (χ4v) is 3.28. The van der Waals surface area contributed by atoms with E-state index in [1.54, 1.807) is 4.90 Å². The number of anilines is 1. The first kappa shape index (κ1) is 19.2. The van der Waals surface area contributed by atoms with Gasteiger partial charge in [0.15, 0.2) is 0 Å². The van der Waals surface area contributed by atoms with E-state index in [4.69, 9.17) is 11.6 Å². The number of halogens is 1. The molecule has 0 unspecified atom stereocenters. The van der Waals surface area contributed by atoms with Gasteiger partial charge < -0.3 is 15.0 Å². The monoisotopic (exact) mass is 366 g/mol. The van der Waals surface area contributed by atoms with Crippen molar-refractivity contribution in [3.8, 4) is 0 Å². The van der Waals surface area contributed by atoms with Crippen LogP contribution in [-0.4, -0.2) is 42.4 Å². The molecule has 0 heterocycles. The molecule has 136 valence electrons. The maximum absolute atomic E-state index is 12.2. The minimum Gasteiger partial charge on any atom is -0.465 e. The Morgan fingerprint density at radius 2 is 1.96 bits per heavy atom. The fraction of sp³-hybridized carbons (Fsp3) is 0.500. The molecule has 1 aliphatic rings. The summed E-state index contributed by atoms with van der Waals surface area (Å²) in [4.78, 5) is 37.4. The van der Waals surface area contributed by atoms with E-state index in [2.05, 4.69) is 10.1 Å². The van der Waals surface area contributed by atoms with Crippen molar-refractivity contribution in [2.45, 2.75) is 45.1 Å². The Hall–Kier alpha value is -2.08. The molecule has 0 bridgehead atoms. The first-order valence-electron chi connectivity index (χ1n) is 8.37. The number of carbonyl (C=O) groups excluding carboxylic acids is 3. The van der Waals surface area contributed by atoms with Crippen molar-refractivity contribution in [3.05, 3.63) is 28.8 Å². The van der Waals surface area contributed by atoms with E-state index in [0.717, 1.165) is 25.7 Å². The molecule has 1 aromatic carbocycles. The number of ether oxygens (including phenoxy) is 1. The number of nitrogens with one attached hydrogen (secondary N) is 1. The van der Waals surface area contributed by atoms with Gasteiger partial charge in [-0.05, 0) is 31.0 Å². The van der Waals surface area contributed by atoms with Crippen molar-refractivity contribution in [3.63, 3.8) is 0 Å². The van der Waals surface area contributed by atoms with E-state index in [9.17, 15) is 14.4 Å². The van der Waals surface area contributed by atoms with Crippen molar-refractivity contribution in [1.29, 1.82) is 0 Å². The first-order valence-corrected chi connectivity index (χ1v) is 8.75. The molecule has 0 spiro atoms. The Bertz CT molecular complexity index is 656. The maximum Gasteiger partial charge on any atom is 0.337 e. The highest BCUT2D eigenvalue weighted by Gasteiger charge is 2.24. The van der Waals surface area contributed by atoms with Crippen LogP contribution in [0.2, 0.25) is 5.02 Å². The smallest absolute Gasteiger partial charge is 0.337 e. The topological polar surface area (TPSA) is 75.7 Å². The summed E-state index contributed by atoms with van der Waals surface area (Å²) >= 11 is 6.07. The van der Waals surface area contributed by atoms with Crippen LogP contribution in [-0.2, 0) is 14.3 Å². The average molecular weight is 367 g/mol. The highest BCUT2D eigenvalue weighted by atomic mass is 35.5. The fourth-order valence-electron chi connectivity index (χ4n) is 3.11. The molecule has 2 amide bonds. The quantitative estimate of drug-likeness (QED) is 0.784. The van der Waals surface area contributed by atoms with Crippen molar-refractivity contribution in [2.75, 3.05) is 19.0 Å². The van der Waals surface area contributed by atoms with Gasteiger partial charge in [-0.25, -0.2) is 4.79 Å². The van der Waals surface area contributed by atoms with Crippen LogP contribution >= 0.6 is 11.6 Å². The number of carbonyl (C=O) groups is 3. The molecule has 1 saturated carbocycles. The Balaban J connectivity index is 1.97. The molecular formula is C18H23ClN2O4. The molecule has 7 heteroatoms. The van der Waals surface area contributed by atoms with Crippen molar-refractivity contribution in [1.82, 2.24) is 4.90 Å². The second kappa shape index (κ2) is 8.85. The van der Waals surface area contributed by atoms with Gasteiger partial charge in [0.2, 0.25) is 11.8 Å². The number of hydrogen-bond acceptors (Lipinski definition) is 4. The lowest BCUT2D eigenvalue weighted by molar-refractivity contribution is -0.131. The van der Waals surface area contributed by atoms with Crippen LogP contribution in [0.25, 0.3) is 0 Å². The summed E-state index contributed by atoms with van der Waals surface area (Å²) in [6, 6.07) is 4.77. The van der Waals surface area contributed by atoms with E-state index in [1.807, 2.05) is 0 Å². The molecule has 1 aromatic rings. The molecule has 0 radical (unpaired) electrons. The van der Waals surface area contributed by atoms with Crippen LogP contribution in [0.3, 0.4) is 0 Å². The summed E-state index contributed by atoms with van der Waals surface area (Å²) in [5.74, 6) is -0.769. The Kier molecular flexibility index (Phi) is 6.82. The Labute approximate surface area is 152 Å². The van der Waals surface area contributed by atoms with E-state index in [-0.39, 0.29) is 24.3 Å². The Morgan fingerprint density at radius 1 is 1.28 bits per heavy atom. The van der Waals surface area contributed by atoms with Crippen LogP contribution in [0.4, 0.5) is 5.69 Å². The summed E-state index contributed by atoms with van der Waals surface area (Å²) < 4.78 is 4.66. The summed E-state index contributed by atoms with van der Waals surface area (Å²) in [5.41, 5.74) is 0.656. The van der Waals surface area contributed by atoms with Crippen LogP contribution < -0.4 is 5.32 Å². The summed E-state index contributed by atoms with van der Waals surface area (Å²) in [6.07, 6.45) is 4.41. The second-order valence-electron chi connectivity index (χ2n) is 6.14. The number of benzene rings is 1. The predicted octanol–water partition coefficient (Wildman–Crippen LogP) is 3.25. The summed E-state index contributed by atoms with van der Waals surface area (Å²) in [5, 5.41) is 3.03. The van der Waals surface area contributed by atoms with Crippen molar-refractivity contribution >= 4 is 35.1 Å². The molecule has 0 aromatic heterocycles. The van der Waals surface area contributed by atoms with Gasteiger partial charge in [0, 0.05) is 25.9 Å². The Morgan fingerprint density at radius 3 is 2.56 bits per heavy atom. The zero-order valence-corrected chi connectivity index (χ0v) is 15.3. The lowest BCUT2D eigenvalue weighted by Gasteiger charge is -2.27. The molecule has 0 aliphatic heterocycles. The third-order valence-corrected chi connectivity index (χ3v) is 4.74. The SMILES string of the molecule is COC(=O)c1ccc(Cl)c(NC(=O)CCN(C(C)=O)C2CCCC2)c1. The number of nitrogens with zero attached hydrogens (tertiary/aromatic N) is 1. The highest BCUT2D eigenvalue weighted by Crippen LogP contribution is 2.25. The van der Waals surface area contributed by atoms with E-state index in [1.165, 1.54) is 32.2 Å². The molecule has 0 atom stereocenters. The molecule has 1 N–H and O–H groups in total. The predicted molar refractivity (Wildman–Crippen MR) is 95.7 cm³/mol. The minimum atomic E-state index is -0.504. The standard InChI is InChI=1S/C18H23ClN2O4/c1-12(22)21(14-5-3-4-6-14)10-9-17(23)20-16-11-13(18(24)25-2)7-8-15(16)19/h7-8,11,14H,3-6,9-10H2,1-2H3,(H,20,23). The third-order valence-electron chi connectivity index (χ3n) is 4.41. The van der Waals surface area contributed by atoms with Crippen LogP contribution in [0.5, 0.6) is 0 Å². The van der Waals surface area contributed by atoms with Crippen molar-refractivity contribution < 1.29 is 19.1 Å². The normalized spacial score (nSPS) is 14.2. The molecule has 1 aliphatic carbocycles. The molecular weight excluding hydrogens is 344 g/mol. The van der Waals surface area contributed by atoms with Crippen molar-refractivity contribution in [2.24, 2.45) is 0 Å². The largest absolute Gasteiger partial charge is 0.465 e. The van der Waals surface area contributed by atoms with Crippen LogP contribution in [0.1, 0.15) is 49.4 Å². The van der Waals surface area contributed by atoms with E-state index in [0.29, 0.717) is 22.8 Å². The molecule has 2 rings (SSSR count). The third kappa shape index (κ3) is 5.19. The summed E-state index contributed by atoms with van der Waals surface area (Å²) in [7, 11) is 1.29. The molecule has 25 heavy (non-hydrogen) atoms. The molecule has 0 saturated heterocycles. The minimum absolute atomic E-state index is 0.00887. The van der Waals surface area contributed by atoms with Gasteiger partial charge in [0.1, 0.15) is 0 Å². The second-order valence-corrected chi connectivity index (χ2v) is 6.54. The number of methoxy groups -OCH3 is 1. The lowest BCUT2D eigenvalue weighted by atomic mass is 10.2. The van der Waals surface area contributed by atoms with Crippen LogP contribution in [0.15, 0.2) is 18.2 Å². The maximum atomic E-state index is 12.2. The number of rotatable bonds is 6. The van der Waals surface area contributed by atoms with Gasteiger partial charge in [0.25, 0.3) is 0 Å². The van der Waals surface area contributed by atoms with E-state index < -0.39 is 5.97 Å².